The molecule has 0 spiro atoms. The largest absolute Gasteiger partial charge is 0.455 e. The third-order valence-electron chi connectivity index (χ3n) is 13.2. The molecule has 3 heterocycles. The maximum Gasteiger partial charge on any atom is 0.143 e. The number of nitrogens with zero attached hydrogens (tertiary/aromatic N) is 2. The molecule has 0 unspecified atom stereocenters. The van der Waals surface area contributed by atoms with Crippen LogP contribution in [0.25, 0.3) is 91.9 Å². The average Bonchev–Trinajstić information content (AvgIpc) is 3.96. The molecule has 8 aromatic carbocycles. The predicted molar refractivity (Wildman–Crippen MR) is 296 cm³/mol. The van der Waals surface area contributed by atoms with Crippen LogP contribution in [0.2, 0.25) is 0 Å². The lowest BCUT2D eigenvalue weighted by molar-refractivity contribution is 0.670. The van der Waals surface area contributed by atoms with Crippen LogP contribution in [0.3, 0.4) is 0 Å². The standard InChI is InChI=1S/C62H46N2OS.C2H6/c1-4-7-16-40(6-3)43-28-33-60-54(35-43)55-37-47(31-34-61(55)66-60)63(46-29-25-42(26-30-46)49(15-5-2)41-23-24-41)48-38-52(62-56(39-48)51-20-12-14-22-59(51)65-62)44-27-32-58-53(36-44)50-19-11-13-21-57(50)64(58)45-17-9-8-10-18-45;1-2/h4-22,25-39,41H,2-3,23-24H2,1H3;1-2H3/b7-4-,40-16+,49-15+;. The fraction of sp³-hybridized carbons (Fsp3) is 0.0938. The minimum Gasteiger partial charge on any atom is -0.455 e. The molecule has 68 heavy (non-hydrogen) atoms. The molecule has 1 fully saturated rings. The van der Waals surface area contributed by atoms with Crippen LogP contribution in [0.15, 0.2) is 224 Å². The van der Waals surface area contributed by atoms with Gasteiger partial charge in [0, 0.05) is 70.0 Å². The summed E-state index contributed by atoms with van der Waals surface area (Å²) in [6.07, 6.45) is 14.8. The van der Waals surface area contributed by atoms with Crippen LogP contribution in [-0.2, 0) is 0 Å². The van der Waals surface area contributed by atoms with Crippen LogP contribution in [0, 0.1) is 5.92 Å². The molecule has 1 aliphatic carbocycles. The summed E-state index contributed by atoms with van der Waals surface area (Å²) >= 11 is 1.84. The molecule has 1 saturated carbocycles. The van der Waals surface area contributed by atoms with E-state index in [1.807, 2.05) is 44.3 Å². The van der Waals surface area contributed by atoms with E-state index in [0.29, 0.717) is 5.92 Å². The van der Waals surface area contributed by atoms with Gasteiger partial charge in [-0.15, -0.1) is 11.3 Å². The van der Waals surface area contributed by atoms with E-state index in [4.69, 9.17) is 4.42 Å². The number of anilines is 3. The first-order valence-electron chi connectivity index (χ1n) is 23.8. The Morgan fingerprint density at radius 2 is 1.28 bits per heavy atom. The van der Waals surface area contributed by atoms with E-state index < -0.39 is 0 Å². The Balaban J connectivity index is 0.00000250. The van der Waals surface area contributed by atoms with Crippen molar-refractivity contribution in [3.63, 3.8) is 0 Å². The zero-order chi connectivity index (χ0) is 46.3. The summed E-state index contributed by atoms with van der Waals surface area (Å²) in [5.41, 5.74) is 15.4. The Hall–Kier alpha value is -7.92. The molecule has 1 aliphatic rings. The summed E-state index contributed by atoms with van der Waals surface area (Å²) in [5.74, 6) is 0.594. The van der Waals surface area contributed by atoms with Crippen molar-refractivity contribution in [2.75, 3.05) is 4.90 Å². The highest BCUT2D eigenvalue weighted by Gasteiger charge is 2.27. The molecule has 3 nitrogen and oxygen atoms in total. The number of benzene rings is 8. The van der Waals surface area contributed by atoms with Gasteiger partial charge in [-0.3, -0.25) is 0 Å². The fourth-order valence-electron chi connectivity index (χ4n) is 9.96. The molecule has 0 atom stereocenters. The molecule has 0 radical (unpaired) electrons. The van der Waals surface area contributed by atoms with Crippen molar-refractivity contribution < 1.29 is 4.42 Å². The Morgan fingerprint density at radius 1 is 0.603 bits per heavy atom. The molecule has 12 rings (SSSR count). The zero-order valence-corrected chi connectivity index (χ0v) is 39.6. The number of allylic oxidation sites excluding steroid dienone is 8. The average molecular weight is 897 g/mol. The van der Waals surface area contributed by atoms with Crippen LogP contribution >= 0.6 is 11.3 Å². The van der Waals surface area contributed by atoms with Crippen LogP contribution in [0.1, 0.15) is 44.7 Å². The molecule has 11 aromatic rings. The van der Waals surface area contributed by atoms with Gasteiger partial charge in [0.25, 0.3) is 0 Å². The van der Waals surface area contributed by atoms with E-state index in [1.165, 1.54) is 60.4 Å². The molecule has 330 valence electrons. The number of hydrogen-bond acceptors (Lipinski definition) is 3. The third kappa shape index (κ3) is 7.48. The highest BCUT2D eigenvalue weighted by molar-refractivity contribution is 7.25. The van der Waals surface area contributed by atoms with Gasteiger partial charge in [-0.1, -0.05) is 142 Å². The molecular formula is C64H52N2OS. The van der Waals surface area contributed by atoms with Gasteiger partial charge < -0.3 is 13.9 Å². The molecule has 0 N–H and O–H groups in total. The highest BCUT2D eigenvalue weighted by Crippen LogP contribution is 2.48. The number of furan rings is 1. The topological polar surface area (TPSA) is 21.3 Å². The van der Waals surface area contributed by atoms with Crippen LogP contribution < -0.4 is 4.90 Å². The number of para-hydroxylation sites is 3. The predicted octanol–water partition coefficient (Wildman–Crippen LogP) is 19.3. The normalized spacial score (nSPS) is 13.3. The lowest BCUT2D eigenvalue weighted by atomic mass is 9.98. The summed E-state index contributed by atoms with van der Waals surface area (Å²) in [5, 5.41) is 7.04. The second kappa shape index (κ2) is 18.0. The smallest absolute Gasteiger partial charge is 0.143 e. The van der Waals surface area contributed by atoms with Gasteiger partial charge in [0.05, 0.1) is 11.0 Å². The van der Waals surface area contributed by atoms with Gasteiger partial charge in [0.1, 0.15) is 11.2 Å². The Bertz CT molecular complexity index is 3810. The zero-order valence-electron chi connectivity index (χ0n) is 38.7. The SMILES string of the molecule is C=C/C=C(/c1ccc(N(c2ccc3sc4ccc(/C(C=C)=C/C=C\C)cc4c3c2)c2cc(-c3ccc4c(c3)c3ccccc3n4-c3ccccc3)c3oc4ccccc4c3c2)cc1)C1CC1.CC. The number of thiophene rings is 1. The molecule has 4 heteroatoms. The van der Waals surface area contributed by atoms with Crippen molar-refractivity contribution in [2.45, 2.75) is 33.6 Å². The molecule has 0 saturated heterocycles. The number of rotatable bonds is 11. The Morgan fingerprint density at radius 3 is 2.04 bits per heavy atom. The van der Waals surface area contributed by atoms with Crippen LogP contribution in [0.4, 0.5) is 17.1 Å². The second-order valence-electron chi connectivity index (χ2n) is 17.2. The van der Waals surface area contributed by atoms with Gasteiger partial charge in [0.15, 0.2) is 0 Å². The molecular weight excluding hydrogens is 845 g/mol. The molecule has 3 aromatic heterocycles. The first kappa shape index (κ1) is 42.7. The lowest BCUT2D eigenvalue weighted by Gasteiger charge is -2.27. The highest BCUT2D eigenvalue weighted by atomic mass is 32.1. The van der Waals surface area contributed by atoms with E-state index in [9.17, 15) is 0 Å². The maximum atomic E-state index is 6.86. The lowest BCUT2D eigenvalue weighted by Crippen LogP contribution is -2.10. The van der Waals surface area contributed by atoms with Crippen molar-refractivity contribution in [3.05, 3.63) is 231 Å². The van der Waals surface area contributed by atoms with Crippen molar-refractivity contribution in [1.82, 2.24) is 4.57 Å². The van der Waals surface area contributed by atoms with Gasteiger partial charge in [-0.05, 0) is 145 Å². The van der Waals surface area contributed by atoms with E-state index >= 15 is 0 Å². The number of aromatic nitrogens is 1. The summed E-state index contributed by atoms with van der Waals surface area (Å²) < 4.78 is 11.7. The fourth-order valence-corrected chi connectivity index (χ4v) is 11.0. The van der Waals surface area contributed by atoms with E-state index in [1.54, 1.807) is 0 Å². The van der Waals surface area contributed by atoms with Crippen LogP contribution in [0.5, 0.6) is 0 Å². The number of fused-ring (bicyclic) bond motifs is 9. The Labute approximate surface area is 402 Å². The van der Waals surface area contributed by atoms with E-state index in [-0.39, 0.29) is 0 Å². The maximum absolute atomic E-state index is 6.86. The summed E-state index contributed by atoms with van der Waals surface area (Å²) in [7, 11) is 0. The molecule has 0 bridgehead atoms. The second-order valence-corrected chi connectivity index (χ2v) is 18.3. The van der Waals surface area contributed by atoms with Crippen molar-refractivity contribution in [2.24, 2.45) is 5.92 Å². The summed E-state index contributed by atoms with van der Waals surface area (Å²) in [4.78, 5) is 2.43. The molecule has 0 amide bonds. The van der Waals surface area contributed by atoms with Gasteiger partial charge in [-0.25, -0.2) is 0 Å². The van der Waals surface area contributed by atoms with Gasteiger partial charge in [-0.2, -0.15) is 0 Å². The first-order valence-corrected chi connectivity index (χ1v) is 24.6. The van der Waals surface area contributed by atoms with Crippen molar-refractivity contribution in [1.29, 1.82) is 0 Å². The Kier molecular flexibility index (Phi) is 11.3. The van der Waals surface area contributed by atoms with Gasteiger partial charge >= 0.3 is 0 Å². The van der Waals surface area contributed by atoms with E-state index in [0.717, 1.165) is 72.5 Å². The van der Waals surface area contributed by atoms with E-state index in [2.05, 4.69) is 217 Å². The molecule has 0 aliphatic heterocycles. The minimum atomic E-state index is 0.594. The summed E-state index contributed by atoms with van der Waals surface area (Å²) in [6, 6.07) is 62.2. The van der Waals surface area contributed by atoms with Gasteiger partial charge in [0.2, 0.25) is 0 Å². The first-order chi connectivity index (χ1) is 33.6. The minimum absolute atomic E-state index is 0.594. The number of hydrogen-bond donors (Lipinski definition) is 0. The monoisotopic (exact) mass is 896 g/mol. The van der Waals surface area contributed by atoms with Crippen molar-refractivity contribution in [3.8, 4) is 16.8 Å². The third-order valence-corrected chi connectivity index (χ3v) is 14.4. The summed E-state index contributed by atoms with van der Waals surface area (Å²) in [6.45, 7) is 14.2. The van der Waals surface area contributed by atoms with Crippen molar-refractivity contribution >= 4 is 103 Å². The quantitative estimate of drug-likeness (QED) is 0.121. The van der Waals surface area contributed by atoms with Crippen LogP contribution in [-0.4, -0.2) is 4.57 Å².